The second-order valence-electron chi connectivity index (χ2n) is 6.16. The molecule has 0 fully saturated rings. The van der Waals surface area contributed by atoms with Gasteiger partial charge in [0.05, 0.1) is 0 Å². The van der Waals surface area contributed by atoms with Crippen molar-refractivity contribution in [3.05, 3.63) is 77.9 Å². The summed E-state index contributed by atoms with van der Waals surface area (Å²) in [5.41, 5.74) is 3.84. The molecule has 3 aromatic rings. The summed E-state index contributed by atoms with van der Waals surface area (Å²) in [5, 5.41) is 4.71. The van der Waals surface area contributed by atoms with Crippen molar-refractivity contribution in [1.29, 1.82) is 0 Å². The molecule has 1 aliphatic carbocycles. The minimum absolute atomic E-state index is 0. The second kappa shape index (κ2) is 7.91. The molecule has 0 radical (unpaired) electrons. The Kier molecular flexibility index (Phi) is 5.60. The van der Waals surface area contributed by atoms with Gasteiger partial charge in [-0.3, -0.25) is 12.9 Å². The van der Waals surface area contributed by atoms with Crippen molar-refractivity contribution in [2.45, 2.75) is 25.2 Å². The van der Waals surface area contributed by atoms with E-state index in [1.165, 1.54) is 11.1 Å². The minimum atomic E-state index is -3.67. The quantitative estimate of drug-likeness (QED) is 0.342. The van der Waals surface area contributed by atoms with Crippen molar-refractivity contribution in [1.82, 2.24) is 9.78 Å². The first kappa shape index (κ1) is 19.1. The highest BCUT2D eigenvalue weighted by atomic mass is 19.4. The van der Waals surface area contributed by atoms with E-state index in [0.29, 0.717) is 6.61 Å². The van der Waals surface area contributed by atoms with Crippen LogP contribution in [0.25, 0.3) is 5.69 Å². The third kappa shape index (κ3) is 3.73. The Morgan fingerprint density at radius 1 is 1.04 bits per heavy atom. The van der Waals surface area contributed by atoms with Crippen molar-refractivity contribution in [3.63, 3.8) is 0 Å². The first-order valence-corrected chi connectivity index (χ1v) is 8.30. The Morgan fingerprint density at radius 2 is 1.70 bits per heavy atom. The van der Waals surface area contributed by atoms with Gasteiger partial charge in [-0.1, -0.05) is 47.1 Å². The number of nitrogens with zero attached hydrogens (tertiary/aromatic N) is 3. The largest absolute Gasteiger partial charge is 1.00 e. The fourth-order valence-electron chi connectivity index (χ4n) is 3.63. The summed E-state index contributed by atoms with van der Waals surface area (Å²) in [7, 11) is -3.67. The summed E-state index contributed by atoms with van der Waals surface area (Å²) >= 11 is 0. The Morgan fingerprint density at radius 3 is 2.44 bits per heavy atom. The van der Waals surface area contributed by atoms with Gasteiger partial charge in [0.25, 0.3) is 0 Å². The first-order valence-electron chi connectivity index (χ1n) is 8.30. The fraction of sp³-hybridized carbons (Fsp3) is 0.222. The van der Waals surface area contributed by atoms with Crippen LogP contribution in [0.4, 0.5) is 12.9 Å². The molecule has 1 aliphatic heterocycles. The number of hydrogen-bond acceptors (Lipinski definition) is 2. The molecule has 0 spiro atoms. The molecule has 5 rings (SSSR count). The van der Waals surface area contributed by atoms with Crippen LogP contribution in [0.1, 0.15) is 23.0 Å². The zero-order valence-electron chi connectivity index (χ0n) is 14.2. The molecule has 140 valence electrons. The highest BCUT2D eigenvalue weighted by molar-refractivity contribution is 6.33. The smallest absolute Gasteiger partial charge is 0.762 e. The predicted octanol–water partition coefficient (Wildman–Crippen LogP) is 0.0879. The van der Waals surface area contributed by atoms with Crippen LogP contribution in [0.5, 0.6) is 0 Å². The summed E-state index contributed by atoms with van der Waals surface area (Å²) in [5.74, 6) is 0.988. The number of aromatic nitrogens is 3. The average Bonchev–Trinajstić information content (AvgIpc) is 3.22. The van der Waals surface area contributed by atoms with Crippen molar-refractivity contribution >= 4 is 7.54 Å². The van der Waals surface area contributed by atoms with E-state index in [2.05, 4.69) is 47.3 Å². The molecule has 2 aliphatic rings. The molecule has 27 heavy (non-hydrogen) atoms. The third-order valence-electron chi connectivity index (χ3n) is 4.65. The fourth-order valence-corrected chi connectivity index (χ4v) is 3.63. The maximum absolute atomic E-state index is 9.67. The van der Waals surface area contributed by atoms with Crippen LogP contribution in [0.3, 0.4) is 0 Å². The summed E-state index contributed by atoms with van der Waals surface area (Å²) in [6.07, 6.45) is 3.32. The van der Waals surface area contributed by atoms with Gasteiger partial charge < -0.3 is 9.44 Å². The van der Waals surface area contributed by atoms with Gasteiger partial charge in [0.2, 0.25) is 6.33 Å². The Balaban J connectivity index is 0.000000386. The monoisotopic (exact) mass is 377 g/mol. The number of benzene rings is 2. The van der Waals surface area contributed by atoms with Crippen molar-refractivity contribution in [2.24, 2.45) is 0 Å². The normalized spacial score (nSPS) is 18.9. The lowest BCUT2D eigenvalue weighted by Crippen LogP contribution is -3.00. The van der Waals surface area contributed by atoms with E-state index >= 15 is 0 Å². The number of para-hydroxylation sites is 1. The van der Waals surface area contributed by atoms with E-state index in [4.69, 9.17) is 9.84 Å². The number of hydrogen-bond donors (Lipinski definition) is 0. The van der Waals surface area contributed by atoms with Gasteiger partial charge >= 0.3 is 13.4 Å². The second-order valence-corrected chi connectivity index (χ2v) is 6.16. The number of ether oxygens (including phenoxy) is 1. The maximum Gasteiger partial charge on any atom is 0.762 e. The maximum atomic E-state index is 9.67. The van der Waals surface area contributed by atoms with Gasteiger partial charge in [-0.05, 0) is 23.3 Å². The molecule has 4 nitrogen and oxygen atoms in total. The van der Waals surface area contributed by atoms with E-state index in [1.54, 1.807) is 0 Å². The highest BCUT2D eigenvalue weighted by Crippen LogP contribution is 2.35. The number of fused-ring (bicyclic) bond motifs is 5. The summed E-state index contributed by atoms with van der Waals surface area (Å²) < 4.78 is 39.3. The lowest BCUT2D eigenvalue weighted by Gasteiger charge is -2.23. The molecule has 2 aromatic carbocycles. The van der Waals surface area contributed by atoms with Crippen molar-refractivity contribution < 1.29 is 27.0 Å². The molecule has 0 unspecified atom stereocenters. The average molecular weight is 377 g/mol. The molecule has 0 bridgehead atoms. The van der Waals surface area contributed by atoms with Gasteiger partial charge in [-0.25, -0.2) is 4.57 Å². The van der Waals surface area contributed by atoms with E-state index in [1.807, 2.05) is 22.9 Å². The van der Waals surface area contributed by atoms with E-state index < -0.39 is 7.54 Å². The van der Waals surface area contributed by atoms with Crippen molar-refractivity contribution in [2.75, 3.05) is 0 Å². The zero-order valence-corrected chi connectivity index (χ0v) is 14.2. The highest BCUT2D eigenvalue weighted by Gasteiger charge is 2.43. The molecule has 9 heteroatoms. The molecule has 0 saturated heterocycles. The van der Waals surface area contributed by atoms with E-state index in [9.17, 15) is 12.9 Å². The predicted molar refractivity (Wildman–Crippen MR) is 89.7 cm³/mol. The lowest BCUT2D eigenvalue weighted by atomic mass is 10.1. The first-order chi connectivity index (χ1) is 12.6. The molecule has 2 heterocycles. The molecular formula is C18H16BF4N3O. The van der Waals surface area contributed by atoms with Crippen LogP contribution >= 0.6 is 0 Å². The number of rotatable bonds is 1. The summed E-state index contributed by atoms with van der Waals surface area (Å²) in [6.45, 7) is 0.578. The molecular weight excluding hydrogens is 361 g/mol. The third-order valence-corrected chi connectivity index (χ3v) is 4.65. The Hall–Kier alpha value is -2.68. The minimum Gasteiger partial charge on any atom is -1.00 e. The van der Waals surface area contributed by atoms with Crippen LogP contribution in [-0.4, -0.2) is 23.4 Å². The van der Waals surface area contributed by atoms with Gasteiger partial charge in [0.15, 0.2) is 0 Å². The summed E-state index contributed by atoms with van der Waals surface area (Å²) in [6, 6.07) is 19.1. The van der Waals surface area contributed by atoms with Crippen LogP contribution in [0.2, 0.25) is 0 Å². The SMILES string of the molecule is FB(F)F.[F-].c1ccc(-n2c[n+]3c(n2)CO[C@@H]2Cc4ccccc4[C@@H]23)cc1. The van der Waals surface area contributed by atoms with Gasteiger partial charge in [-0.15, -0.1) is 0 Å². The van der Waals surface area contributed by atoms with E-state index in [0.717, 1.165) is 17.9 Å². The van der Waals surface area contributed by atoms with Crippen molar-refractivity contribution in [3.8, 4) is 5.69 Å². The van der Waals surface area contributed by atoms with Crippen LogP contribution in [0, 0.1) is 0 Å². The molecule has 0 N–H and O–H groups in total. The summed E-state index contributed by atoms with van der Waals surface area (Å²) in [4.78, 5) is 0. The zero-order chi connectivity index (χ0) is 18.1. The number of halogens is 4. The Bertz CT molecular complexity index is 904. The van der Waals surface area contributed by atoms with E-state index in [-0.39, 0.29) is 16.9 Å². The van der Waals surface area contributed by atoms with Gasteiger partial charge in [0.1, 0.15) is 24.4 Å². The van der Waals surface area contributed by atoms with Crippen LogP contribution < -0.4 is 9.27 Å². The van der Waals surface area contributed by atoms with Crippen LogP contribution in [-0.2, 0) is 17.8 Å². The lowest BCUT2D eigenvalue weighted by molar-refractivity contribution is -0.739. The van der Waals surface area contributed by atoms with Gasteiger partial charge in [0, 0.05) is 11.5 Å². The molecule has 0 amide bonds. The molecule has 0 saturated carbocycles. The van der Waals surface area contributed by atoms with Crippen LogP contribution in [0.15, 0.2) is 60.9 Å². The van der Waals surface area contributed by atoms with Gasteiger partial charge in [-0.2, -0.15) is 0 Å². The standard InChI is InChI=1S/C18H16N3O.BF3.FH/c1-2-7-14(8-3-1)21-12-20-17(19-21)11-22-16-10-13-6-4-5-9-15(13)18(16)20;2-1(3)4;/h1-9,12,16,18H,10-11H2;;1H/q+1;;/p-1/t16-,18+;;/m1../s1. The topological polar surface area (TPSA) is 30.9 Å². The molecule has 2 atom stereocenters. The molecule has 1 aromatic heterocycles. The Labute approximate surface area is 153 Å².